The normalized spacial score (nSPS) is 10.8. The van der Waals surface area contributed by atoms with E-state index in [1.807, 2.05) is 10.8 Å². The summed E-state index contributed by atoms with van der Waals surface area (Å²) in [5.41, 5.74) is 1.78. The van der Waals surface area contributed by atoms with Crippen LogP contribution in [-0.4, -0.2) is 36.6 Å². The first-order chi connectivity index (χ1) is 9.20. The van der Waals surface area contributed by atoms with E-state index in [0.717, 1.165) is 23.5 Å². The van der Waals surface area contributed by atoms with Crippen molar-refractivity contribution in [3.05, 3.63) is 22.4 Å². The highest BCUT2D eigenvalue weighted by Crippen LogP contribution is 2.20. The average molecular weight is 298 g/mol. The molecule has 6 nitrogen and oxygen atoms in total. The molecular formula is C11H14N4O2S2. The summed E-state index contributed by atoms with van der Waals surface area (Å²) in [6.07, 6.45) is 3.62. The molecule has 102 valence electrons. The van der Waals surface area contributed by atoms with E-state index >= 15 is 0 Å². The minimum atomic E-state index is -0.852. The molecule has 0 aliphatic rings. The van der Waals surface area contributed by atoms with E-state index < -0.39 is 5.97 Å². The van der Waals surface area contributed by atoms with Crippen molar-refractivity contribution in [1.82, 2.24) is 19.7 Å². The number of hydrogen-bond acceptors (Lipinski definition) is 6. The van der Waals surface area contributed by atoms with Gasteiger partial charge in [0.05, 0.1) is 17.8 Å². The molecule has 0 saturated heterocycles. The highest BCUT2D eigenvalue weighted by atomic mass is 32.2. The molecular weight excluding hydrogens is 284 g/mol. The Morgan fingerprint density at radius 3 is 3.00 bits per heavy atom. The second kappa shape index (κ2) is 6.67. The first-order valence-corrected chi connectivity index (χ1v) is 7.71. The summed E-state index contributed by atoms with van der Waals surface area (Å²) in [6.45, 7) is 2.73. The molecule has 0 atom stereocenters. The van der Waals surface area contributed by atoms with E-state index in [1.54, 1.807) is 16.8 Å². The molecule has 0 aliphatic carbocycles. The van der Waals surface area contributed by atoms with Crippen molar-refractivity contribution >= 4 is 29.1 Å². The van der Waals surface area contributed by atoms with E-state index in [2.05, 4.69) is 22.1 Å². The lowest BCUT2D eigenvalue weighted by Crippen LogP contribution is -2.07. The van der Waals surface area contributed by atoms with Crippen LogP contribution in [0.5, 0.6) is 0 Å². The van der Waals surface area contributed by atoms with Gasteiger partial charge < -0.3 is 9.67 Å². The number of thioether (sulfide) groups is 1. The Morgan fingerprint density at radius 1 is 1.53 bits per heavy atom. The van der Waals surface area contributed by atoms with Gasteiger partial charge in [-0.2, -0.15) is 0 Å². The molecule has 0 spiro atoms. The average Bonchev–Trinajstić information content (AvgIpc) is 2.99. The van der Waals surface area contributed by atoms with Crippen molar-refractivity contribution in [3.8, 4) is 0 Å². The number of rotatable bonds is 7. The fraction of sp³-hybridized carbons (Fsp3) is 0.455. The fourth-order valence-corrected chi connectivity index (χ4v) is 2.85. The number of aromatic nitrogens is 4. The van der Waals surface area contributed by atoms with E-state index in [4.69, 9.17) is 5.11 Å². The number of aryl methyl sites for hydroxylation is 1. The molecule has 0 aromatic carbocycles. The summed E-state index contributed by atoms with van der Waals surface area (Å²) in [5.74, 6) is 0.0330. The van der Waals surface area contributed by atoms with Crippen LogP contribution >= 0.6 is 23.1 Å². The highest BCUT2D eigenvalue weighted by molar-refractivity contribution is 7.99. The number of carboxylic acids is 1. The summed E-state index contributed by atoms with van der Waals surface area (Å²) in [6, 6.07) is 0. The van der Waals surface area contributed by atoms with Gasteiger partial charge in [0.1, 0.15) is 5.82 Å². The van der Waals surface area contributed by atoms with Gasteiger partial charge in [0.2, 0.25) is 0 Å². The predicted octanol–water partition coefficient (Wildman–Crippen LogP) is 1.91. The number of carbonyl (C=O) groups is 1. The van der Waals surface area contributed by atoms with Gasteiger partial charge in [-0.1, -0.05) is 18.7 Å². The highest BCUT2D eigenvalue weighted by Gasteiger charge is 2.14. The molecule has 2 aromatic rings. The Hall–Kier alpha value is -1.41. The fourth-order valence-electron chi connectivity index (χ4n) is 1.60. The van der Waals surface area contributed by atoms with Crippen LogP contribution in [0.4, 0.5) is 0 Å². The quantitative estimate of drug-likeness (QED) is 0.786. The third-order valence-electron chi connectivity index (χ3n) is 2.39. The van der Waals surface area contributed by atoms with Gasteiger partial charge >= 0.3 is 5.97 Å². The first-order valence-electron chi connectivity index (χ1n) is 5.84. The predicted molar refractivity (Wildman–Crippen MR) is 73.6 cm³/mol. The SMILES string of the molecule is CCCc1nnc(SCC(=O)O)n1Cc1cncs1. The molecule has 1 N–H and O–H groups in total. The summed E-state index contributed by atoms with van der Waals surface area (Å²) in [4.78, 5) is 15.8. The topological polar surface area (TPSA) is 80.9 Å². The summed E-state index contributed by atoms with van der Waals surface area (Å²) in [5, 5.41) is 17.6. The Labute approximate surface area is 118 Å². The second-order valence-corrected chi connectivity index (χ2v) is 5.80. The monoisotopic (exact) mass is 298 g/mol. The van der Waals surface area contributed by atoms with E-state index in [-0.39, 0.29) is 5.75 Å². The van der Waals surface area contributed by atoms with Crippen molar-refractivity contribution < 1.29 is 9.90 Å². The first kappa shape index (κ1) is 14.0. The largest absolute Gasteiger partial charge is 0.481 e. The van der Waals surface area contributed by atoms with E-state index in [0.29, 0.717) is 11.7 Å². The Morgan fingerprint density at radius 2 is 2.37 bits per heavy atom. The van der Waals surface area contributed by atoms with E-state index in [9.17, 15) is 4.79 Å². The zero-order valence-corrected chi connectivity index (χ0v) is 12.1. The Kier molecular flexibility index (Phi) is 4.92. The van der Waals surface area contributed by atoms with Gasteiger partial charge in [-0.25, -0.2) is 0 Å². The van der Waals surface area contributed by atoms with Gasteiger partial charge in [0, 0.05) is 17.5 Å². The van der Waals surface area contributed by atoms with Crippen molar-refractivity contribution in [1.29, 1.82) is 0 Å². The van der Waals surface area contributed by atoms with Crippen LogP contribution in [0.15, 0.2) is 16.9 Å². The Balaban J connectivity index is 2.19. The lowest BCUT2D eigenvalue weighted by molar-refractivity contribution is -0.133. The van der Waals surface area contributed by atoms with Gasteiger partial charge in [0.15, 0.2) is 5.16 Å². The van der Waals surface area contributed by atoms with Crippen molar-refractivity contribution in [2.45, 2.75) is 31.5 Å². The number of thiazole rings is 1. The lowest BCUT2D eigenvalue weighted by atomic mass is 10.3. The Bertz CT molecular complexity index is 539. The smallest absolute Gasteiger partial charge is 0.313 e. The van der Waals surface area contributed by atoms with Crippen molar-refractivity contribution in [2.24, 2.45) is 0 Å². The zero-order valence-electron chi connectivity index (χ0n) is 10.4. The van der Waals surface area contributed by atoms with Crippen molar-refractivity contribution in [3.63, 3.8) is 0 Å². The van der Waals surface area contributed by atoms with Crippen molar-refractivity contribution in [2.75, 3.05) is 5.75 Å². The maximum absolute atomic E-state index is 10.6. The van der Waals surface area contributed by atoms with Crippen LogP contribution in [0.1, 0.15) is 24.0 Å². The van der Waals surface area contributed by atoms with Gasteiger partial charge in [-0.15, -0.1) is 21.5 Å². The molecule has 0 aliphatic heterocycles. The minimum Gasteiger partial charge on any atom is -0.481 e. The van der Waals surface area contributed by atoms with Gasteiger partial charge in [-0.05, 0) is 6.42 Å². The molecule has 0 saturated carbocycles. The van der Waals surface area contributed by atoms with Crippen LogP contribution < -0.4 is 0 Å². The molecule has 0 fully saturated rings. The van der Waals surface area contributed by atoms with E-state index in [1.165, 1.54) is 11.8 Å². The lowest BCUT2D eigenvalue weighted by Gasteiger charge is -2.07. The third kappa shape index (κ3) is 3.77. The summed E-state index contributed by atoms with van der Waals surface area (Å²) < 4.78 is 1.98. The molecule has 2 rings (SSSR count). The maximum Gasteiger partial charge on any atom is 0.313 e. The number of nitrogens with zero attached hydrogens (tertiary/aromatic N) is 4. The van der Waals surface area contributed by atoms with Crippen LogP contribution in [0, 0.1) is 0 Å². The molecule has 0 unspecified atom stereocenters. The summed E-state index contributed by atoms with van der Waals surface area (Å²) >= 11 is 2.77. The number of hydrogen-bond donors (Lipinski definition) is 1. The van der Waals surface area contributed by atoms with Crippen LogP contribution in [0.3, 0.4) is 0 Å². The van der Waals surface area contributed by atoms with Gasteiger partial charge in [-0.3, -0.25) is 9.78 Å². The third-order valence-corrected chi connectivity index (χ3v) is 4.11. The molecule has 8 heteroatoms. The summed E-state index contributed by atoms with van der Waals surface area (Å²) in [7, 11) is 0. The second-order valence-electron chi connectivity index (χ2n) is 3.89. The molecule has 0 bridgehead atoms. The minimum absolute atomic E-state index is 0.00700. The molecule has 19 heavy (non-hydrogen) atoms. The molecule has 0 amide bonds. The number of aliphatic carboxylic acids is 1. The molecule has 2 heterocycles. The van der Waals surface area contributed by atoms with Gasteiger partial charge in [0.25, 0.3) is 0 Å². The maximum atomic E-state index is 10.6. The molecule has 0 radical (unpaired) electrons. The standard InChI is InChI=1S/C11H14N4O2S2/c1-2-3-9-13-14-11(18-6-10(16)17)15(9)5-8-4-12-7-19-8/h4,7H,2-3,5-6H2,1H3,(H,16,17). The number of carboxylic acid groups (broad SMARTS) is 1. The van der Waals surface area contributed by atoms with Crippen LogP contribution in [-0.2, 0) is 17.8 Å². The van der Waals surface area contributed by atoms with Crippen LogP contribution in [0.25, 0.3) is 0 Å². The molecule has 2 aromatic heterocycles. The zero-order chi connectivity index (χ0) is 13.7. The van der Waals surface area contributed by atoms with Crippen LogP contribution in [0.2, 0.25) is 0 Å².